The number of halogens is 1. The van der Waals surface area contributed by atoms with Crippen LogP contribution in [0.5, 0.6) is 5.75 Å². The summed E-state index contributed by atoms with van der Waals surface area (Å²) in [4.78, 5) is 17.2. The van der Waals surface area contributed by atoms with Crippen LogP contribution in [0.1, 0.15) is 17.0 Å². The second-order valence-electron chi connectivity index (χ2n) is 5.97. The summed E-state index contributed by atoms with van der Waals surface area (Å²) in [6.07, 6.45) is 1.11. The van der Waals surface area contributed by atoms with E-state index in [0.29, 0.717) is 29.9 Å². The van der Waals surface area contributed by atoms with E-state index in [9.17, 15) is 14.3 Å². The van der Waals surface area contributed by atoms with Gasteiger partial charge in [0.15, 0.2) is 11.6 Å². The van der Waals surface area contributed by atoms with Crippen LogP contribution in [0.15, 0.2) is 53.3 Å². The molecule has 0 amide bonds. The molecule has 0 fully saturated rings. The van der Waals surface area contributed by atoms with Crippen LogP contribution in [0, 0.1) is 12.7 Å². The maximum Gasteiger partial charge on any atom is 0.257 e. The van der Waals surface area contributed by atoms with Crippen molar-refractivity contribution in [2.45, 2.75) is 19.8 Å². The van der Waals surface area contributed by atoms with Gasteiger partial charge in [-0.25, -0.2) is 9.37 Å². The van der Waals surface area contributed by atoms with Gasteiger partial charge in [-0.3, -0.25) is 9.36 Å². The van der Waals surface area contributed by atoms with Gasteiger partial charge in [0.05, 0.1) is 5.69 Å². The van der Waals surface area contributed by atoms with Gasteiger partial charge in [0.2, 0.25) is 0 Å². The summed E-state index contributed by atoms with van der Waals surface area (Å²) >= 11 is 0. The van der Waals surface area contributed by atoms with E-state index in [2.05, 4.69) is 4.98 Å². The molecule has 25 heavy (non-hydrogen) atoms. The third-order valence-electron chi connectivity index (χ3n) is 4.36. The van der Waals surface area contributed by atoms with Crippen molar-refractivity contribution in [1.82, 2.24) is 9.55 Å². The van der Waals surface area contributed by atoms with E-state index < -0.39 is 11.6 Å². The molecule has 3 aromatic rings. The molecule has 128 valence electrons. The van der Waals surface area contributed by atoms with E-state index in [1.807, 2.05) is 30.3 Å². The number of benzene rings is 2. The third kappa shape index (κ3) is 3.31. The number of hydrogen-bond acceptors (Lipinski definition) is 3. The minimum Gasteiger partial charge on any atom is -0.504 e. The molecular formula is C20H19FN2O2. The zero-order chi connectivity index (χ0) is 18.0. The molecule has 4 nitrogen and oxygen atoms in total. The number of rotatable bonds is 4. The van der Waals surface area contributed by atoms with Crippen LogP contribution in [0.2, 0.25) is 0 Å². The van der Waals surface area contributed by atoms with Crippen LogP contribution in [-0.2, 0) is 19.9 Å². The number of para-hydroxylation sites is 1. The van der Waals surface area contributed by atoms with Crippen molar-refractivity contribution >= 4 is 0 Å². The number of phenols is 1. The number of aromatic hydroxyl groups is 1. The molecule has 3 rings (SSSR count). The topological polar surface area (TPSA) is 55.1 Å². The number of aryl methyl sites for hydroxylation is 2. The average Bonchev–Trinajstić information content (AvgIpc) is 2.62. The summed E-state index contributed by atoms with van der Waals surface area (Å²) in [6.45, 7) is 1.71. The standard InChI is InChI=1S/C20H19FN2O2/c1-13-22-18(15-9-6-10-17(21)19(15)24)16(20(25)23(13)2)12-11-14-7-4-3-5-8-14/h3-10,24H,11-12H2,1-2H3. The summed E-state index contributed by atoms with van der Waals surface area (Å²) < 4.78 is 15.2. The monoisotopic (exact) mass is 338 g/mol. The first kappa shape index (κ1) is 16.9. The van der Waals surface area contributed by atoms with E-state index in [1.165, 1.54) is 16.7 Å². The van der Waals surface area contributed by atoms with Crippen molar-refractivity contribution in [3.63, 3.8) is 0 Å². The van der Waals surface area contributed by atoms with Crippen LogP contribution >= 0.6 is 0 Å². The molecule has 1 aromatic heterocycles. The Hall–Kier alpha value is -2.95. The van der Waals surface area contributed by atoms with Crippen molar-refractivity contribution in [1.29, 1.82) is 0 Å². The smallest absolute Gasteiger partial charge is 0.257 e. The molecule has 0 saturated carbocycles. The molecular weight excluding hydrogens is 319 g/mol. The average molecular weight is 338 g/mol. The van der Waals surface area contributed by atoms with Gasteiger partial charge < -0.3 is 5.11 Å². The highest BCUT2D eigenvalue weighted by Gasteiger charge is 2.18. The summed E-state index contributed by atoms with van der Waals surface area (Å²) in [6, 6.07) is 14.1. The fraction of sp³-hybridized carbons (Fsp3) is 0.200. The van der Waals surface area contributed by atoms with Gasteiger partial charge in [-0.2, -0.15) is 0 Å². The highest BCUT2D eigenvalue weighted by Crippen LogP contribution is 2.31. The molecule has 0 spiro atoms. The lowest BCUT2D eigenvalue weighted by atomic mass is 9.99. The van der Waals surface area contributed by atoms with Crippen LogP contribution in [0.3, 0.4) is 0 Å². The van der Waals surface area contributed by atoms with Crippen molar-refractivity contribution < 1.29 is 9.50 Å². The molecule has 0 aliphatic rings. The van der Waals surface area contributed by atoms with Crippen LogP contribution in [0.25, 0.3) is 11.3 Å². The highest BCUT2D eigenvalue weighted by molar-refractivity contribution is 5.69. The fourth-order valence-electron chi connectivity index (χ4n) is 2.82. The third-order valence-corrected chi connectivity index (χ3v) is 4.36. The predicted molar refractivity (Wildman–Crippen MR) is 95.1 cm³/mol. The van der Waals surface area contributed by atoms with Crippen LogP contribution < -0.4 is 5.56 Å². The Morgan fingerprint density at radius 2 is 1.80 bits per heavy atom. The molecule has 5 heteroatoms. The minimum absolute atomic E-state index is 0.179. The van der Waals surface area contributed by atoms with Crippen molar-refractivity contribution in [3.8, 4) is 17.0 Å². The summed E-state index contributed by atoms with van der Waals surface area (Å²) in [5.41, 5.74) is 1.97. The zero-order valence-electron chi connectivity index (χ0n) is 14.2. The number of nitrogens with zero attached hydrogens (tertiary/aromatic N) is 2. The second kappa shape index (κ2) is 6.89. The molecule has 1 N–H and O–H groups in total. The van der Waals surface area contributed by atoms with Gasteiger partial charge in [0.25, 0.3) is 5.56 Å². The Labute approximate surface area is 145 Å². The van der Waals surface area contributed by atoms with Gasteiger partial charge in [-0.1, -0.05) is 36.4 Å². The Balaban J connectivity index is 2.11. The van der Waals surface area contributed by atoms with E-state index in [-0.39, 0.29) is 11.1 Å². The Bertz CT molecular complexity index is 965. The first-order valence-electron chi connectivity index (χ1n) is 8.07. The van der Waals surface area contributed by atoms with Gasteiger partial charge in [0, 0.05) is 18.2 Å². The second-order valence-corrected chi connectivity index (χ2v) is 5.97. The quantitative estimate of drug-likeness (QED) is 0.793. The molecule has 0 atom stereocenters. The largest absolute Gasteiger partial charge is 0.504 e. The number of hydrogen-bond donors (Lipinski definition) is 1. The van der Waals surface area contributed by atoms with Crippen LogP contribution in [-0.4, -0.2) is 14.7 Å². The molecule has 0 saturated heterocycles. The highest BCUT2D eigenvalue weighted by atomic mass is 19.1. The Morgan fingerprint density at radius 1 is 1.08 bits per heavy atom. The van der Waals surface area contributed by atoms with E-state index in [1.54, 1.807) is 20.0 Å². The maximum atomic E-state index is 13.8. The Morgan fingerprint density at radius 3 is 2.52 bits per heavy atom. The first-order chi connectivity index (χ1) is 12.0. The van der Waals surface area contributed by atoms with E-state index in [0.717, 1.165) is 5.56 Å². The summed E-state index contributed by atoms with van der Waals surface area (Å²) in [7, 11) is 1.66. The predicted octanol–water partition coefficient (Wildman–Crippen LogP) is 3.39. The van der Waals surface area contributed by atoms with Gasteiger partial charge in [0.1, 0.15) is 5.82 Å². The number of phenolic OH excluding ortho intramolecular Hbond substituents is 1. The van der Waals surface area contributed by atoms with Gasteiger partial charge >= 0.3 is 0 Å². The van der Waals surface area contributed by atoms with E-state index >= 15 is 0 Å². The molecule has 1 heterocycles. The van der Waals surface area contributed by atoms with Crippen molar-refractivity contribution in [2.24, 2.45) is 7.05 Å². The first-order valence-corrected chi connectivity index (χ1v) is 8.07. The summed E-state index contributed by atoms with van der Waals surface area (Å²) in [5.74, 6) is -0.706. The van der Waals surface area contributed by atoms with Crippen molar-refractivity contribution in [3.05, 3.63) is 81.7 Å². The lowest BCUT2D eigenvalue weighted by molar-refractivity contribution is 0.434. The molecule has 0 radical (unpaired) electrons. The van der Waals surface area contributed by atoms with Crippen molar-refractivity contribution in [2.75, 3.05) is 0 Å². The molecule has 0 bridgehead atoms. The van der Waals surface area contributed by atoms with Gasteiger partial charge in [-0.05, 0) is 37.5 Å². The van der Waals surface area contributed by atoms with E-state index in [4.69, 9.17) is 0 Å². The lowest BCUT2D eigenvalue weighted by Crippen LogP contribution is -2.26. The normalized spacial score (nSPS) is 10.8. The number of aromatic nitrogens is 2. The fourth-order valence-corrected chi connectivity index (χ4v) is 2.82. The summed E-state index contributed by atoms with van der Waals surface area (Å²) in [5, 5.41) is 10.1. The van der Waals surface area contributed by atoms with Gasteiger partial charge in [-0.15, -0.1) is 0 Å². The van der Waals surface area contributed by atoms with Crippen LogP contribution in [0.4, 0.5) is 4.39 Å². The minimum atomic E-state index is -0.730. The zero-order valence-corrected chi connectivity index (χ0v) is 14.2. The Kier molecular flexibility index (Phi) is 4.65. The SMILES string of the molecule is Cc1nc(-c2cccc(F)c2O)c(CCc2ccccc2)c(=O)n1C. The maximum absolute atomic E-state index is 13.8. The lowest BCUT2D eigenvalue weighted by Gasteiger charge is -2.14. The molecule has 2 aromatic carbocycles. The molecule has 0 unspecified atom stereocenters. The molecule has 0 aliphatic carbocycles. The molecule has 0 aliphatic heterocycles.